The van der Waals surface area contributed by atoms with Gasteiger partial charge >= 0.3 is 0 Å². The first-order valence-electron chi connectivity index (χ1n) is 7.51. The van der Waals surface area contributed by atoms with Crippen LogP contribution in [-0.2, 0) is 13.0 Å². The van der Waals surface area contributed by atoms with Crippen molar-refractivity contribution in [3.8, 4) is 0 Å². The second-order valence-electron chi connectivity index (χ2n) is 5.57. The molecule has 4 rings (SSSR count). The number of benzene rings is 1. The van der Waals surface area contributed by atoms with Gasteiger partial charge in [-0.05, 0) is 43.0 Å². The van der Waals surface area contributed by atoms with Crippen LogP contribution in [0.4, 0.5) is 0 Å². The Morgan fingerprint density at radius 2 is 2.14 bits per heavy atom. The summed E-state index contributed by atoms with van der Waals surface area (Å²) in [6.45, 7) is 0.745. The molecule has 0 fully saturated rings. The summed E-state index contributed by atoms with van der Waals surface area (Å²) >= 11 is 0. The molecule has 106 valence electrons. The van der Waals surface area contributed by atoms with Crippen molar-refractivity contribution in [2.45, 2.75) is 31.8 Å². The normalized spacial score (nSPS) is 17.8. The number of aromatic amines is 1. The molecule has 1 aliphatic rings. The van der Waals surface area contributed by atoms with Gasteiger partial charge in [0.1, 0.15) is 5.82 Å². The Morgan fingerprint density at radius 1 is 1.19 bits per heavy atom. The Morgan fingerprint density at radius 3 is 3.10 bits per heavy atom. The molecule has 1 aromatic carbocycles. The summed E-state index contributed by atoms with van der Waals surface area (Å²) in [7, 11) is 0. The molecule has 0 bridgehead atoms. The van der Waals surface area contributed by atoms with Crippen LogP contribution < -0.4 is 5.32 Å². The van der Waals surface area contributed by atoms with Crippen LogP contribution in [0.25, 0.3) is 11.0 Å². The molecule has 4 nitrogen and oxygen atoms in total. The zero-order valence-corrected chi connectivity index (χ0v) is 11.8. The first kappa shape index (κ1) is 12.5. The molecule has 0 aliphatic heterocycles. The van der Waals surface area contributed by atoms with Gasteiger partial charge in [-0.2, -0.15) is 0 Å². The molecule has 0 unspecified atom stereocenters. The van der Waals surface area contributed by atoms with E-state index in [2.05, 4.69) is 32.4 Å². The number of aromatic nitrogens is 3. The molecule has 3 aromatic rings. The molecule has 4 heteroatoms. The average Bonchev–Trinajstić information content (AvgIpc) is 2.96. The van der Waals surface area contributed by atoms with Crippen molar-refractivity contribution in [2.75, 3.05) is 0 Å². The van der Waals surface area contributed by atoms with Gasteiger partial charge in [-0.25, -0.2) is 4.98 Å². The second kappa shape index (κ2) is 5.30. The van der Waals surface area contributed by atoms with Gasteiger partial charge in [0.05, 0.1) is 29.3 Å². The maximum Gasteiger partial charge on any atom is 0.121 e. The number of H-pyrrole nitrogens is 1. The van der Waals surface area contributed by atoms with Crippen LogP contribution in [0.1, 0.15) is 36.0 Å². The fraction of sp³-hybridized carbons (Fsp3) is 0.294. The fourth-order valence-electron chi connectivity index (χ4n) is 3.12. The summed E-state index contributed by atoms with van der Waals surface area (Å²) in [5.41, 5.74) is 4.71. The summed E-state index contributed by atoms with van der Waals surface area (Å²) < 4.78 is 0. The zero-order valence-electron chi connectivity index (χ0n) is 11.8. The Hall–Kier alpha value is -2.20. The number of nitrogens with zero attached hydrogens (tertiary/aromatic N) is 2. The average molecular weight is 278 g/mol. The van der Waals surface area contributed by atoms with Crippen LogP contribution in [-0.4, -0.2) is 15.0 Å². The molecule has 2 N–H and O–H groups in total. The van der Waals surface area contributed by atoms with Crippen molar-refractivity contribution in [3.63, 3.8) is 0 Å². The van der Waals surface area contributed by atoms with E-state index in [9.17, 15) is 0 Å². The van der Waals surface area contributed by atoms with Crippen molar-refractivity contribution in [1.82, 2.24) is 20.3 Å². The topological polar surface area (TPSA) is 53.6 Å². The quantitative estimate of drug-likeness (QED) is 0.774. The molecular formula is C17H18N4. The molecule has 0 radical (unpaired) electrons. The molecule has 0 saturated carbocycles. The Kier molecular flexibility index (Phi) is 3.16. The van der Waals surface area contributed by atoms with E-state index in [0.717, 1.165) is 36.2 Å². The van der Waals surface area contributed by atoms with E-state index < -0.39 is 0 Å². The van der Waals surface area contributed by atoms with Gasteiger partial charge < -0.3 is 10.3 Å². The van der Waals surface area contributed by atoms with Gasteiger partial charge in [0, 0.05) is 6.20 Å². The van der Waals surface area contributed by atoms with E-state index in [1.54, 1.807) is 0 Å². The third-order valence-electron chi connectivity index (χ3n) is 4.15. The van der Waals surface area contributed by atoms with E-state index in [1.165, 1.54) is 17.7 Å². The lowest BCUT2D eigenvalue weighted by molar-refractivity contribution is 0.443. The van der Waals surface area contributed by atoms with Gasteiger partial charge in [0.15, 0.2) is 0 Å². The number of hydrogen-bond donors (Lipinski definition) is 2. The lowest BCUT2D eigenvalue weighted by Crippen LogP contribution is -2.26. The van der Waals surface area contributed by atoms with E-state index in [4.69, 9.17) is 0 Å². The fourth-order valence-corrected chi connectivity index (χ4v) is 3.12. The molecule has 0 saturated heterocycles. The second-order valence-corrected chi connectivity index (χ2v) is 5.57. The largest absolute Gasteiger partial charge is 0.341 e. The molecular weight excluding hydrogens is 260 g/mol. The maximum absolute atomic E-state index is 4.61. The van der Waals surface area contributed by atoms with E-state index in [-0.39, 0.29) is 0 Å². The van der Waals surface area contributed by atoms with Gasteiger partial charge in [0.25, 0.3) is 0 Å². The summed E-state index contributed by atoms with van der Waals surface area (Å²) in [5.74, 6) is 0.985. The summed E-state index contributed by atoms with van der Waals surface area (Å²) in [5, 5.41) is 3.60. The van der Waals surface area contributed by atoms with Crippen LogP contribution >= 0.6 is 0 Å². The smallest absolute Gasteiger partial charge is 0.121 e. The van der Waals surface area contributed by atoms with Crippen LogP contribution in [0.3, 0.4) is 0 Å². The number of hydrogen-bond acceptors (Lipinski definition) is 3. The SMILES string of the molecule is c1cnc2c(c1)CCC[C@@H]2NCc1nc2ccccc2[nH]1. The number of fused-ring (bicyclic) bond motifs is 2. The van der Waals surface area contributed by atoms with Crippen molar-refractivity contribution in [2.24, 2.45) is 0 Å². The molecule has 0 amide bonds. The van der Waals surface area contributed by atoms with Crippen molar-refractivity contribution in [1.29, 1.82) is 0 Å². The number of rotatable bonds is 3. The monoisotopic (exact) mass is 278 g/mol. The molecule has 21 heavy (non-hydrogen) atoms. The van der Waals surface area contributed by atoms with Crippen molar-refractivity contribution < 1.29 is 0 Å². The highest BCUT2D eigenvalue weighted by molar-refractivity contribution is 5.74. The highest BCUT2D eigenvalue weighted by atomic mass is 15.0. The third-order valence-corrected chi connectivity index (χ3v) is 4.15. The first-order chi connectivity index (χ1) is 10.4. The van der Waals surface area contributed by atoms with Gasteiger partial charge in [-0.1, -0.05) is 18.2 Å². The minimum absolute atomic E-state index is 0.336. The van der Waals surface area contributed by atoms with Gasteiger partial charge in [-0.3, -0.25) is 4.98 Å². The summed E-state index contributed by atoms with van der Waals surface area (Å²) in [4.78, 5) is 12.5. The third kappa shape index (κ3) is 2.43. The van der Waals surface area contributed by atoms with Crippen molar-refractivity contribution in [3.05, 3.63) is 59.7 Å². The van der Waals surface area contributed by atoms with Crippen molar-refractivity contribution >= 4 is 11.0 Å². The minimum Gasteiger partial charge on any atom is -0.341 e. The first-order valence-corrected chi connectivity index (χ1v) is 7.51. The zero-order chi connectivity index (χ0) is 14.1. The van der Waals surface area contributed by atoms with E-state index >= 15 is 0 Å². The number of para-hydroxylation sites is 2. The number of aryl methyl sites for hydroxylation is 1. The molecule has 1 atom stereocenters. The van der Waals surface area contributed by atoms with Crippen LogP contribution in [0.5, 0.6) is 0 Å². The molecule has 2 aromatic heterocycles. The lowest BCUT2D eigenvalue weighted by Gasteiger charge is -2.24. The number of nitrogens with one attached hydrogen (secondary N) is 2. The highest BCUT2D eigenvalue weighted by Crippen LogP contribution is 2.27. The predicted molar refractivity (Wildman–Crippen MR) is 82.8 cm³/mol. The molecule has 0 spiro atoms. The number of pyridine rings is 1. The molecule has 1 aliphatic carbocycles. The van der Waals surface area contributed by atoms with Gasteiger partial charge in [-0.15, -0.1) is 0 Å². The Labute approximate surface area is 123 Å². The molecule has 2 heterocycles. The van der Waals surface area contributed by atoms with Gasteiger partial charge in [0.2, 0.25) is 0 Å². The standard InChI is InChI=1S/C17H18N4/c1-2-8-14-13(7-1)20-16(21-14)11-19-15-9-3-5-12-6-4-10-18-17(12)15/h1-2,4,6-8,10,15,19H,3,5,9,11H2,(H,20,21)/t15-/m0/s1. The van der Waals surface area contributed by atoms with Crippen LogP contribution in [0.2, 0.25) is 0 Å². The van der Waals surface area contributed by atoms with Crippen LogP contribution in [0.15, 0.2) is 42.6 Å². The summed E-state index contributed by atoms with van der Waals surface area (Å²) in [6.07, 6.45) is 5.40. The van der Waals surface area contributed by atoms with E-state index in [0.29, 0.717) is 6.04 Å². The summed E-state index contributed by atoms with van der Waals surface area (Å²) in [6, 6.07) is 12.7. The Bertz CT molecular complexity index is 729. The maximum atomic E-state index is 4.61. The van der Waals surface area contributed by atoms with E-state index in [1.807, 2.05) is 30.5 Å². The number of imidazole rings is 1. The van der Waals surface area contributed by atoms with Crippen LogP contribution in [0, 0.1) is 0 Å². The minimum atomic E-state index is 0.336. The predicted octanol–water partition coefficient (Wildman–Crippen LogP) is 3.13. The Balaban J connectivity index is 1.52. The highest BCUT2D eigenvalue weighted by Gasteiger charge is 2.20. The lowest BCUT2D eigenvalue weighted by atomic mass is 9.92.